The van der Waals surface area contributed by atoms with E-state index in [1.807, 2.05) is 6.07 Å². The Bertz CT molecular complexity index is 640. The van der Waals surface area contributed by atoms with Crippen LogP contribution < -0.4 is 15.2 Å². The number of ether oxygens (including phenoxy) is 3. The number of fused-ring (bicyclic) bond motifs is 1. The molecule has 3 rings (SSSR count). The molecule has 132 valence electrons. The molecule has 0 aromatic heterocycles. The minimum Gasteiger partial charge on any atom is -0.493 e. The molecule has 1 aromatic rings. The molecule has 0 bridgehead atoms. The highest BCUT2D eigenvalue weighted by Gasteiger charge is 2.35. The van der Waals surface area contributed by atoms with Crippen molar-refractivity contribution in [3.63, 3.8) is 0 Å². The van der Waals surface area contributed by atoms with Crippen LogP contribution in [-0.2, 0) is 11.2 Å². The van der Waals surface area contributed by atoms with Crippen LogP contribution in [0.1, 0.15) is 43.7 Å². The molecule has 5 heteroatoms. The van der Waals surface area contributed by atoms with Crippen molar-refractivity contribution in [3.05, 3.63) is 23.3 Å². The molecule has 0 spiro atoms. The van der Waals surface area contributed by atoms with Gasteiger partial charge in [-0.05, 0) is 56.7 Å². The molecule has 2 unspecified atom stereocenters. The number of benzene rings is 1. The van der Waals surface area contributed by atoms with E-state index >= 15 is 0 Å². The maximum atomic E-state index is 6.15. The van der Waals surface area contributed by atoms with E-state index in [0.29, 0.717) is 25.0 Å². The summed E-state index contributed by atoms with van der Waals surface area (Å²) in [6.07, 6.45) is 2.88. The lowest BCUT2D eigenvalue weighted by molar-refractivity contribution is 0.263. The first kappa shape index (κ1) is 17.1. The molecule has 1 aliphatic carbocycles. The lowest BCUT2D eigenvalue weighted by Crippen LogP contribution is -2.29. The summed E-state index contributed by atoms with van der Waals surface area (Å²) in [5.41, 5.74) is 8.56. The summed E-state index contributed by atoms with van der Waals surface area (Å²) in [6.45, 7) is 5.50. The number of hydrogen-bond donors (Lipinski definition) is 1. The summed E-state index contributed by atoms with van der Waals surface area (Å²) in [4.78, 5) is 4.71. The van der Waals surface area contributed by atoms with Crippen LogP contribution >= 0.6 is 0 Å². The second-order valence-electron chi connectivity index (χ2n) is 7.32. The molecule has 1 aromatic carbocycles. The molecule has 24 heavy (non-hydrogen) atoms. The molecule has 0 fully saturated rings. The summed E-state index contributed by atoms with van der Waals surface area (Å²) in [7, 11) is 3.37. The topological polar surface area (TPSA) is 66.1 Å². The first-order chi connectivity index (χ1) is 11.5. The first-order valence-electron chi connectivity index (χ1n) is 8.64. The molecule has 0 saturated heterocycles. The average molecular weight is 332 g/mol. The number of aliphatic imine (C=N–C) groups is 1. The molecule has 2 aliphatic rings. The Morgan fingerprint density at radius 2 is 2.08 bits per heavy atom. The molecule has 0 saturated carbocycles. The van der Waals surface area contributed by atoms with Gasteiger partial charge >= 0.3 is 0 Å². The minimum atomic E-state index is -0.100. The zero-order chi connectivity index (χ0) is 17.3. The predicted octanol–water partition coefficient (Wildman–Crippen LogP) is 2.91. The SMILES string of the molecule is COc1ccc2c(c1OC)CCC(CC1=NC(C)(C)CO1)C2CN. The highest BCUT2D eigenvalue weighted by molar-refractivity contribution is 5.78. The Kier molecular flexibility index (Phi) is 4.72. The van der Waals surface area contributed by atoms with E-state index in [1.165, 1.54) is 11.1 Å². The Hall–Kier alpha value is -1.75. The zero-order valence-corrected chi connectivity index (χ0v) is 15.1. The lowest BCUT2D eigenvalue weighted by atomic mass is 9.73. The van der Waals surface area contributed by atoms with Crippen LogP contribution in [0.25, 0.3) is 0 Å². The minimum absolute atomic E-state index is 0.100. The smallest absolute Gasteiger partial charge is 0.184 e. The molecular formula is C19H28N2O3. The van der Waals surface area contributed by atoms with E-state index in [-0.39, 0.29) is 5.54 Å². The molecule has 0 amide bonds. The first-order valence-corrected chi connectivity index (χ1v) is 8.64. The fraction of sp³-hybridized carbons (Fsp3) is 0.632. The van der Waals surface area contributed by atoms with E-state index in [1.54, 1.807) is 14.2 Å². The van der Waals surface area contributed by atoms with Crippen molar-refractivity contribution in [2.45, 2.75) is 44.6 Å². The van der Waals surface area contributed by atoms with Gasteiger partial charge in [-0.1, -0.05) is 6.07 Å². The Morgan fingerprint density at radius 1 is 1.29 bits per heavy atom. The van der Waals surface area contributed by atoms with Gasteiger partial charge in [-0.2, -0.15) is 0 Å². The summed E-state index contributed by atoms with van der Waals surface area (Å²) in [5, 5.41) is 0. The number of methoxy groups -OCH3 is 2. The van der Waals surface area contributed by atoms with Gasteiger partial charge in [0.05, 0.1) is 19.8 Å². The quantitative estimate of drug-likeness (QED) is 0.900. The van der Waals surface area contributed by atoms with Crippen molar-refractivity contribution >= 4 is 5.90 Å². The highest BCUT2D eigenvalue weighted by Crippen LogP contribution is 2.45. The van der Waals surface area contributed by atoms with E-state index < -0.39 is 0 Å². The highest BCUT2D eigenvalue weighted by atomic mass is 16.5. The van der Waals surface area contributed by atoms with Crippen molar-refractivity contribution in [1.82, 2.24) is 0 Å². The van der Waals surface area contributed by atoms with Crippen LogP contribution in [0.15, 0.2) is 17.1 Å². The summed E-state index contributed by atoms with van der Waals surface area (Å²) < 4.78 is 16.8. The lowest BCUT2D eigenvalue weighted by Gasteiger charge is -2.34. The third-order valence-corrected chi connectivity index (χ3v) is 5.13. The maximum absolute atomic E-state index is 6.15. The van der Waals surface area contributed by atoms with Crippen molar-refractivity contribution in [1.29, 1.82) is 0 Å². The van der Waals surface area contributed by atoms with Gasteiger partial charge < -0.3 is 19.9 Å². The summed E-state index contributed by atoms with van der Waals surface area (Å²) in [6, 6.07) is 4.12. The van der Waals surface area contributed by atoms with Crippen molar-refractivity contribution in [2.24, 2.45) is 16.6 Å². The Labute approximate surface area is 144 Å². The predicted molar refractivity (Wildman–Crippen MR) is 95.2 cm³/mol. The summed E-state index contributed by atoms with van der Waals surface area (Å²) in [5.74, 6) is 3.27. The normalized spacial score (nSPS) is 24.8. The van der Waals surface area contributed by atoms with E-state index in [9.17, 15) is 0 Å². The maximum Gasteiger partial charge on any atom is 0.184 e. The molecule has 2 N–H and O–H groups in total. The second-order valence-corrected chi connectivity index (χ2v) is 7.32. The fourth-order valence-corrected chi connectivity index (χ4v) is 3.95. The molecular weight excluding hydrogens is 304 g/mol. The Morgan fingerprint density at radius 3 is 2.67 bits per heavy atom. The van der Waals surface area contributed by atoms with Gasteiger partial charge in [0.15, 0.2) is 17.4 Å². The van der Waals surface area contributed by atoms with Gasteiger partial charge in [-0.15, -0.1) is 0 Å². The number of nitrogens with zero attached hydrogens (tertiary/aromatic N) is 1. The van der Waals surface area contributed by atoms with Crippen LogP contribution in [0.4, 0.5) is 0 Å². The standard InChI is InChI=1S/C19H28N2O3/c1-19(2)11-24-17(21-19)9-12-5-6-14-13(15(12)10-20)7-8-16(22-3)18(14)23-4/h7-8,12,15H,5-6,9-11,20H2,1-4H3. The second kappa shape index (κ2) is 6.63. The van der Waals surface area contributed by atoms with E-state index in [2.05, 4.69) is 19.9 Å². The van der Waals surface area contributed by atoms with Gasteiger partial charge in [0.2, 0.25) is 0 Å². The fourth-order valence-electron chi connectivity index (χ4n) is 3.95. The third kappa shape index (κ3) is 3.09. The van der Waals surface area contributed by atoms with Gasteiger partial charge in [-0.3, -0.25) is 0 Å². The van der Waals surface area contributed by atoms with Crippen LogP contribution in [0, 0.1) is 5.92 Å². The molecule has 1 aliphatic heterocycles. The largest absolute Gasteiger partial charge is 0.493 e. The van der Waals surface area contributed by atoms with Crippen molar-refractivity contribution < 1.29 is 14.2 Å². The average Bonchev–Trinajstić information content (AvgIpc) is 2.91. The number of rotatable bonds is 5. The number of hydrogen-bond acceptors (Lipinski definition) is 5. The van der Waals surface area contributed by atoms with Gasteiger partial charge in [0.1, 0.15) is 6.61 Å². The van der Waals surface area contributed by atoms with Crippen LogP contribution in [-0.4, -0.2) is 38.8 Å². The van der Waals surface area contributed by atoms with E-state index in [0.717, 1.165) is 36.7 Å². The zero-order valence-electron chi connectivity index (χ0n) is 15.1. The van der Waals surface area contributed by atoms with Gasteiger partial charge in [-0.25, -0.2) is 4.99 Å². The molecule has 0 radical (unpaired) electrons. The van der Waals surface area contributed by atoms with Crippen molar-refractivity contribution in [3.8, 4) is 11.5 Å². The van der Waals surface area contributed by atoms with Gasteiger partial charge in [0, 0.05) is 12.0 Å². The monoisotopic (exact) mass is 332 g/mol. The molecule has 2 atom stereocenters. The van der Waals surface area contributed by atoms with Crippen LogP contribution in [0.5, 0.6) is 11.5 Å². The third-order valence-electron chi connectivity index (χ3n) is 5.13. The van der Waals surface area contributed by atoms with Crippen LogP contribution in [0.2, 0.25) is 0 Å². The van der Waals surface area contributed by atoms with E-state index in [4.69, 9.17) is 24.9 Å². The Balaban J connectivity index is 1.87. The summed E-state index contributed by atoms with van der Waals surface area (Å²) >= 11 is 0. The van der Waals surface area contributed by atoms with Crippen molar-refractivity contribution in [2.75, 3.05) is 27.4 Å². The molecule has 1 heterocycles. The van der Waals surface area contributed by atoms with Crippen LogP contribution in [0.3, 0.4) is 0 Å². The number of nitrogens with two attached hydrogens (primary N) is 1. The molecule has 5 nitrogen and oxygen atoms in total. The van der Waals surface area contributed by atoms with Gasteiger partial charge in [0.25, 0.3) is 0 Å².